The third-order valence-electron chi connectivity index (χ3n) is 2.35. The third kappa shape index (κ3) is 6.18. The van der Waals surface area contributed by atoms with Gasteiger partial charge in [0.25, 0.3) is 0 Å². The van der Waals surface area contributed by atoms with E-state index in [-0.39, 0.29) is 24.0 Å². The summed E-state index contributed by atoms with van der Waals surface area (Å²) in [6.07, 6.45) is 3.87. The lowest BCUT2D eigenvalue weighted by molar-refractivity contribution is 0.692. The fourth-order valence-electron chi connectivity index (χ4n) is 1.34. The summed E-state index contributed by atoms with van der Waals surface area (Å²) in [5, 5.41) is 10.5. The largest absolute Gasteiger partial charge is 0.357 e. The van der Waals surface area contributed by atoms with E-state index in [1.165, 1.54) is 6.42 Å². The smallest absolute Gasteiger partial charge is 0.191 e. The van der Waals surface area contributed by atoms with Crippen molar-refractivity contribution in [1.29, 1.82) is 0 Å². The molecule has 0 bridgehead atoms. The molecular formula is C11H23IN6. The lowest BCUT2D eigenvalue weighted by Gasteiger charge is -2.10. The van der Waals surface area contributed by atoms with Gasteiger partial charge in [-0.05, 0) is 13.3 Å². The Morgan fingerprint density at radius 1 is 1.39 bits per heavy atom. The number of aliphatic imine (C=N–C) groups is 1. The predicted molar refractivity (Wildman–Crippen MR) is 84.1 cm³/mol. The number of halogens is 1. The maximum atomic E-state index is 4.46. The average molecular weight is 366 g/mol. The van der Waals surface area contributed by atoms with Crippen molar-refractivity contribution in [2.45, 2.75) is 33.2 Å². The van der Waals surface area contributed by atoms with Crippen molar-refractivity contribution < 1.29 is 0 Å². The van der Waals surface area contributed by atoms with E-state index in [9.17, 15) is 0 Å². The predicted octanol–water partition coefficient (Wildman–Crippen LogP) is 1.29. The van der Waals surface area contributed by atoms with Crippen molar-refractivity contribution in [1.82, 2.24) is 25.4 Å². The standard InChI is InChI=1S/C11H22N6.HI/c1-4-6-7-13-11(12-5-2)14-8-10-15-9-16-17(10)3;/h9H,4-8H2,1-3H3,(H2,12,13,14);1H. The first-order valence-electron chi connectivity index (χ1n) is 6.13. The van der Waals surface area contributed by atoms with E-state index in [4.69, 9.17) is 0 Å². The highest BCUT2D eigenvalue weighted by Gasteiger charge is 2.00. The van der Waals surface area contributed by atoms with Crippen molar-refractivity contribution in [3.63, 3.8) is 0 Å². The number of hydrogen-bond donors (Lipinski definition) is 2. The monoisotopic (exact) mass is 366 g/mol. The van der Waals surface area contributed by atoms with Crippen LogP contribution in [0.4, 0.5) is 0 Å². The van der Waals surface area contributed by atoms with E-state index < -0.39 is 0 Å². The van der Waals surface area contributed by atoms with Crippen LogP contribution in [-0.2, 0) is 13.6 Å². The summed E-state index contributed by atoms with van der Waals surface area (Å²) < 4.78 is 1.74. The van der Waals surface area contributed by atoms with Gasteiger partial charge >= 0.3 is 0 Å². The molecular weight excluding hydrogens is 343 g/mol. The van der Waals surface area contributed by atoms with Crippen LogP contribution in [0.2, 0.25) is 0 Å². The maximum absolute atomic E-state index is 4.46. The molecule has 2 N–H and O–H groups in total. The van der Waals surface area contributed by atoms with Gasteiger partial charge in [-0.2, -0.15) is 5.10 Å². The number of aryl methyl sites for hydroxylation is 1. The number of unbranched alkanes of at least 4 members (excludes halogenated alkanes) is 1. The topological polar surface area (TPSA) is 67.1 Å². The van der Waals surface area contributed by atoms with Gasteiger partial charge in [-0.1, -0.05) is 13.3 Å². The Hall–Kier alpha value is -0.860. The van der Waals surface area contributed by atoms with Gasteiger partial charge in [0, 0.05) is 20.1 Å². The molecule has 0 fully saturated rings. The Morgan fingerprint density at radius 3 is 2.72 bits per heavy atom. The highest BCUT2D eigenvalue weighted by Crippen LogP contribution is 1.93. The van der Waals surface area contributed by atoms with Gasteiger partial charge in [0.05, 0.1) is 0 Å². The highest BCUT2D eigenvalue weighted by atomic mass is 127. The van der Waals surface area contributed by atoms with Crippen molar-refractivity contribution in [2.75, 3.05) is 13.1 Å². The van der Waals surface area contributed by atoms with Crippen LogP contribution in [-0.4, -0.2) is 33.8 Å². The Kier molecular flexibility index (Phi) is 9.62. The molecule has 0 atom stereocenters. The minimum atomic E-state index is 0. The first-order valence-corrected chi connectivity index (χ1v) is 6.13. The zero-order valence-electron chi connectivity index (χ0n) is 11.3. The molecule has 1 aromatic rings. The molecule has 0 unspecified atom stereocenters. The van der Waals surface area contributed by atoms with Crippen LogP contribution in [0, 0.1) is 0 Å². The Labute approximate surface area is 126 Å². The molecule has 0 spiro atoms. The summed E-state index contributed by atoms with van der Waals surface area (Å²) >= 11 is 0. The molecule has 1 aromatic heterocycles. The molecule has 0 aliphatic heterocycles. The van der Waals surface area contributed by atoms with Gasteiger partial charge in [-0.15, -0.1) is 24.0 Å². The third-order valence-corrected chi connectivity index (χ3v) is 2.35. The molecule has 0 aliphatic rings. The average Bonchev–Trinajstić information content (AvgIpc) is 2.72. The summed E-state index contributed by atoms with van der Waals surface area (Å²) in [7, 11) is 1.87. The lowest BCUT2D eigenvalue weighted by Crippen LogP contribution is -2.37. The van der Waals surface area contributed by atoms with Gasteiger partial charge in [-0.25, -0.2) is 9.98 Å². The highest BCUT2D eigenvalue weighted by molar-refractivity contribution is 14.0. The van der Waals surface area contributed by atoms with Crippen molar-refractivity contribution in [2.24, 2.45) is 12.0 Å². The van der Waals surface area contributed by atoms with Gasteiger partial charge in [0.15, 0.2) is 5.96 Å². The zero-order chi connectivity index (χ0) is 12.5. The number of rotatable bonds is 6. The molecule has 0 saturated heterocycles. The summed E-state index contributed by atoms with van der Waals surface area (Å²) in [5.74, 6) is 1.70. The zero-order valence-corrected chi connectivity index (χ0v) is 13.6. The lowest BCUT2D eigenvalue weighted by atomic mass is 10.3. The Morgan fingerprint density at radius 2 is 2.17 bits per heavy atom. The van der Waals surface area contributed by atoms with E-state index in [0.717, 1.165) is 31.3 Å². The first-order chi connectivity index (χ1) is 8.27. The van der Waals surface area contributed by atoms with E-state index in [0.29, 0.717) is 6.54 Å². The van der Waals surface area contributed by atoms with Gasteiger partial charge in [-0.3, -0.25) is 4.68 Å². The summed E-state index contributed by atoms with van der Waals surface area (Å²) in [6.45, 7) is 6.57. The Balaban J connectivity index is 0.00000289. The van der Waals surface area contributed by atoms with E-state index >= 15 is 0 Å². The van der Waals surface area contributed by atoms with E-state index in [1.54, 1.807) is 11.0 Å². The van der Waals surface area contributed by atoms with Crippen LogP contribution in [0.25, 0.3) is 0 Å². The fraction of sp³-hybridized carbons (Fsp3) is 0.727. The van der Waals surface area contributed by atoms with Crippen LogP contribution in [0.1, 0.15) is 32.5 Å². The molecule has 0 saturated carbocycles. The summed E-state index contributed by atoms with van der Waals surface area (Å²) in [5.41, 5.74) is 0. The number of aromatic nitrogens is 3. The van der Waals surface area contributed by atoms with Gasteiger partial charge in [0.1, 0.15) is 18.7 Å². The van der Waals surface area contributed by atoms with Crippen LogP contribution >= 0.6 is 24.0 Å². The van der Waals surface area contributed by atoms with Gasteiger partial charge < -0.3 is 10.6 Å². The van der Waals surface area contributed by atoms with E-state index in [1.807, 2.05) is 7.05 Å². The summed E-state index contributed by atoms with van der Waals surface area (Å²) in [6, 6.07) is 0. The SMILES string of the molecule is CCCCNC(=NCc1ncnn1C)NCC.I. The van der Waals surface area contributed by atoms with E-state index in [2.05, 4.69) is 39.6 Å². The van der Waals surface area contributed by atoms with Gasteiger partial charge in [0.2, 0.25) is 0 Å². The van der Waals surface area contributed by atoms with Crippen LogP contribution in [0.15, 0.2) is 11.3 Å². The molecule has 0 aliphatic carbocycles. The number of hydrogen-bond acceptors (Lipinski definition) is 3. The molecule has 1 rings (SSSR count). The molecule has 0 radical (unpaired) electrons. The fourth-order valence-corrected chi connectivity index (χ4v) is 1.34. The normalized spacial score (nSPS) is 10.9. The minimum Gasteiger partial charge on any atom is -0.357 e. The minimum absolute atomic E-state index is 0. The molecule has 6 nitrogen and oxygen atoms in total. The second-order valence-electron chi connectivity index (χ2n) is 3.78. The summed E-state index contributed by atoms with van der Waals surface area (Å²) in [4.78, 5) is 8.59. The number of nitrogens with zero attached hydrogens (tertiary/aromatic N) is 4. The first kappa shape index (κ1) is 17.1. The van der Waals surface area contributed by atoms with Crippen LogP contribution in [0.3, 0.4) is 0 Å². The van der Waals surface area contributed by atoms with Crippen molar-refractivity contribution in [3.8, 4) is 0 Å². The molecule has 1 heterocycles. The molecule has 0 aromatic carbocycles. The number of guanidine groups is 1. The Bertz CT molecular complexity index is 349. The van der Waals surface area contributed by atoms with Crippen molar-refractivity contribution >= 4 is 29.9 Å². The molecule has 7 heteroatoms. The molecule has 104 valence electrons. The second kappa shape index (κ2) is 10.1. The van der Waals surface area contributed by atoms with Crippen LogP contribution in [0.5, 0.6) is 0 Å². The second-order valence-corrected chi connectivity index (χ2v) is 3.78. The maximum Gasteiger partial charge on any atom is 0.191 e. The molecule has 0 amide bonds. The molecule has 18 heavy (non-hydrogen) atoms. The number of nitrogens with one attached hydrogen (secondary N) is 2. The quantitative estimate of drug-likeness (QED) is 0.345. The van der Waals surface area contributed by atoms with Crippen LogP contribution < -0.4 is 10.6 Å². The van der Waals surface area contributed by atoms with Crippen molar-refractivity contribution in [3.05, 3.63) is 12.2 Å².